The number of methoxy groups -OCH3 is 5. The molecule has 117 heavy (non-hydrogen) atoms. The molecule has 5 saturated heterocycles. The van der Waals surface area contributed by atoms with Gasteiger partial charge in [-0.15, -0.1) is 0 Å². The second kappa shape index (κ2) is 51.7. The first kappa shape index (κ1) is 108. The number of halogens is 6. The summed E-state index contributed by atoms with van der Waals surface area (Å²) in [7, 11) is -10.3. The van der Waals surface area contributed by atoms with Gasteiger partial charge in [-0.2, -0.15) is 23.6 Å². The van der Waals surface area contributed by atoms with Crippen LogP contribution in [0.5, 0.6) is 28.7 Å². The van der Waals surface area contributed by atoms with Gasteiger partial charge >= 0.3 is 18.9 Å². The molecule has 5 heterocycles. The van der Waals surface area contributed by atoms with E-state index in [1.54, 1.807) is 20.8 Å². The Bertz CT molecular complexity index is 4590. The molecule has 0 bridgehead atoms. The van der Waals surface area contributed by atoms with E-state index in [9.17, 15) is 77.3 Å². The number of carbonyl (C=O) groups excluding carboxylic acids is 1. The molecular formula is C71H108ClF5LiN9O23S7. The van der Waals surface area contributed by atoms with Crippen molar-refractivity contribution < 1.29 is 143 Å². The molecular weight excluding hydrogens is 1710 g/mol. The number of hydrogen-bond acceptors (Lipinski definition) is 26. The van der Waals surface area contributed by atoms with Gasteiger partial charge in [0.25, 0.3) is 9.05 Å². The Morgan fingerprint density at radius 2 is 0.846 bits per heavy atom. The van der Waals surface area contributed by atoms with Gasteiger partial charge in [0, 0.05) is 107 Å². The van der Waals surface area contributed by atoms with Crippen molar-refractivity contribution in [2.75, 3.05) is 167 Å². The molecule has 0 saturated carbocycles. The molecule has 2 unspecified atom stereocenters. The van der Waals surface area contributed by atoms with Crippen LogP contribution in [-0.4, -0.2) is 251 Å². The van der Waals surface area contributed by atoms with E-state index in [1.807, 2.05) is 20.8 Å². The Balaban J connectivity index is 0.000000474. The van der Waals surface area contributed by atoms with Crippen LogP contribution >= 0.6 is 10.7 Å². The molecule has 0 amide bonds. The normalized spacial score (nSPS) is 16.5. The van der Waals surface area contributed by atoms with Crippen molar-refractivity contribution in [1.82, 2.24) is 27.3 Å². The summed E-state index contributed by atoms with van der Waals surface area (Å²) in [5.41, 5.74) is 10.4. The van der Waals surface area contributed by atoms with Gasteiger partial charge in [0.15, 0.2) is 64.1 Å². The molecule has 5 fully saturated rings. The number of aldehydes is 1. The van der Waals surface area contributed by atoms with Crippen molar-refractivity contribution in [3.05, 3.63) is 125 Å². The monoisotopic (exact) mass is 1820 g/mol. The second-order valence-corrected chi connectivity index (χ2v) is 40.4. The molecule has 0 spiro atoms. The number of carbonyl (C=O) groups is 1. The van der Waals surface area contributed by atoms with Crippen LogP contribution in [0.2, 0.25) is 0 Å². The average molecular weight is 1820 g/mol. The minimum absolute atomic E-state index is 0. The summed E-state index contributed by atoms with van der Waals surface area (Å²) in [4.78, 5) is 10.0. The van der Waals surface area contributed by atoms with E-state index in [0.29, 0.717) is 39.6 Å². The smallest absolute Gasteiger partial charge is 0.494 e. The molecule has 46 heteroatoms. The summed E-state index contributed by atoms with van der Waals surface area (Å²) in [6.45, 7) is 24.2. The van der Waals surface area contributed by atoms with E-state index in [1.165, 1.54) is 114 Å². The standard InChI is InChI=1S/C16H25FN2O5S2.C12H17FN2O4S.C12H14FNO5S.C11H14FNO4S.C8H9ClFNO3S.C4H11NOS.C4H9NO.C4H9.Li/c1-16(2,3)25(20)18-11-12-14(6-5-13(23-4)15(12)17)26(21,22)19-7-9-24-10-8-19;1-18-10-2-3-11(9(8-14)12(10)13)20(16,17)15-4-6-19-7-5-15;1-18-10-2-3-11(9(8-15)12(10)13)20(16,17)14-4-6-19-7-5-14;1-16-11-3-2-9(8-10(11)12)18(14,15)13-4-6-17-7-5-13;1-14-7-2-5(4-11)8(3-6(7)10)15(9,12)13;1-4(2,3)7(5)6;1-3-6-4-2-5-1;1-3-4-2;/h5-6,18H,7-11H2,1-4H3;2-3H,4-8,14H2,1H3;2-3,8H,4-7H2,1H3;2-3,8H,4-7H2,1H3;2-3H,4,11H2,1H3;5H2,1-3H3;5H,1-4H2;1,3-4H2,2H3;/q;;;;;;;-1;+1. The Labute approximate surface area is 706 Å². The predicted molar refractivity (Wildman–Crippen MR) is 428 cm³/mol. The predicted octanol–water partition coefficient (Wildman–Crippen LogP) is 3.10. The van der Waals surface area contributed by atoms with Crippen molar-refractivity contribution in [1.29, 1.82) is 0 Å². The molecule has 32 nitrogen and oxygen atoms in total. The van der Waals surface area contributed by atoms with Crippen LogP contribution < -0.4 is 69.2 Å². The van der Waals surface area contributed by atoms with Gasteiger partial charge < -0.3 is 71.1 Å². The first-order valence-electron chi connectivity index (χ1n) is 35.7. The maximum absolute atomic E-state index is 14.8. The molecule has 0 aliphatic carbocycles. The molecule has 5 aromatic carbocycles. The summed E-state index contributed by atoms with van der Waals surface area (Å²) in [5.74, 6) is -4.28. The van der Waals surface area contributed by atoms with Crippen LogP contribution in [0.4, 0.5) is 22.0 Å². The van der Waals surface area contributed by atoms with E-state index in [2.05, 4.69) is 28.6 Å². The van der Waals surface area contributed by atoms with E-state index >= 15 is 0 Å². The van der Waals surface area contributed by atoms with Crippen LogP contribution in [0.3, 0.4) is 0 Å². The third-order valence-corrected chi connectivity index (χ3v) is 28.4. The molecule has 2 atom stereocenters. The number of unbranched alkanes of at least 4 members (excludes halogenated alkanes) is 1. The zero-order valence-electron chi connectivity index (χ0n) is 67.8. The first-order valence-corrected chi connectivity index (χ1v) is 46.2. The fourth-order valence-electron chi connectivity index (χ4n) is 9.88. The van der Waals surface area contributed by atoms with Gasteiger partial charge in [-0.05, 0) is 114 Å². The van der Waals surface area contributed by atoms with Gasteiger partial charge in [-0.1, -0.05) is 13.3 Å². The largest absolute Gasteiger partial charge is 1.00 e. The van der Waals surface area contributed by atoms with Gasteiger partial charge in [0.05, 0.1) is 163 Å². The Hall–Kier alpha value is -5.20. The molecule has 660 valence electrons. The van der Waals surface area contributed by atoms with Crippen LogP contribution in [0, 0.1) is 36.0 Å². The molecule has 5 aromatic rings. The van der Waals surface area contributed by atoms with E-state index in [-0.39, 0.29) is 185 Å². The van der Waals surface area contributed by atoms with Crippen molar-refractivity contribution in [3.63, 3.8) is 0 Å². The van der Waals surface area contributed by atoms with Gasteiger partial charge in [0.2, 0.25) is 40.1 Å². The number of sulfonamides is 4. The average Bonchev–Trinajstić information content (AvgIpc) is 0.737. The number of nitrogens with zero attached hydrogens (tertiary/aromatic N) is 4. The summed E-state index contributed by atoms with van der Waals surface area (Å²) in [5, 5.41) is 8.20. The maximum Gasteiger partial charge on any atom is 1.00 e. The fourth-order valence-corrected chi connectivity index (χ4v) is 18.0. The van der Waals surface area contributed by atoms with E-state index < -0.39 is 111 Å². The molecule has 0 aromatic heterocycles. The minimum Gasteiger partial charge on any atom is -0.494 e. The van der Waals surface area contributed by atoms with Crippen LogP contribution in [-0.2, 0) is 114 Å². The zero-order chi connectivity index (χ0) is 87.6. The molecule has 5 aliphatic heterocycles. The van der Waals surface area contributed by atoms with Gasteiger partial charge in [-0.25, -0.2) is 77.2 Å². The number of hydrogen-bond donors (Lipinski definition) is 5. The number of ether oxygens (including phenoxy) is 10. The molecule has 0 radical (unpaired) electrons. The first-order chi connectivity index (χ1) is 54.4. The summed E-state index contributed by atoms with van der Waals surface area (Å²) < 4.78 is 271. The Morgan fingerprint density at radius 3 is 1.16 bits per heavy atom. The van der Waals surface area contributed by atoms with Crippen LogP contribution in [0.1, 0.15) is 88.4 Å². The Kier molecular flexibility index (Phi) is 47.6. The molecule has 10 rings (SSSR count). The molecule has 8 N–H and O–H groups in total. The number of benzene rings is 5. The number of morpholine rings is 5. The van der Waals surface area contributed by atoms with Crippen molar-refractivity contribution in [2.45, 2.75) is 115 Å². The van der Waals surface area contributed by atoms with Crippen LogP contribution in [0.25, 0.3) is 0 Å². The number of nitrogens with two attached hydrogens (primary N) is 3. The maximum atomic E-state index is 14.8. The quantitative estimate of drug-likeness (QED) is 0.0232. The third-order valence-electron chi connectivity index (χ3n) is 16.5. The second-order valence-electron chi connectivity index (χ2n) is 26.4. The van der Waals surface area contributed by atoms with Crippen molar-refractivity contribution in [2.24, 2.45) is 16.6 Å². The van der Waals surface area contributed by atoms with Crippen LogP contribution in [0.15, 0.2) is 91.2 Å². The SMILES string of the molecule is C1COCCN1.CC(C)(C)S(N)=O.COc1cc(CN)c(S(=O)(=O)Cl)cc1F.COc1ccc(S(=O)(=O)N2CCOCC2)c(C=O)c1F.COc1ccc(S(=O)(=O)N2CCOCC2)c(CN)c1F.COc1ccc(S(=O)(=O)N2CCOCC2)c(CNS(=O)C(C)(C)C)c1F.COc1ccc(S(=O)(=O)N2CCOCC2)cc1F.[CH2-]CCC.[Li+]. The van der Waals surface area contributed by atoms with Gasteiger partial charge in [-0.3, -0.25) is 9.93 Å². The summed E-state index contributed by atoms with van der Waals surface area (Å²) in [6.07, 6.45) is 2.46. The Morgan fingerprint density at radius 1 is 0.504 bits per heavy atom. The third kappa shape index (κ3) is 32.5. The summed E-state index contributed by atoms with van der Waals surface area (Å²) >= 11 is 0. The van der Waals surface area contributed by atoms with E-state index in [4.69, 9.17) is 69.9 Å². The topological polar surface area (TPSA) is 429 Å². The zero-order valence-corrected chi connectivity index (χ0v) is 74.3. The minimum atomic E-state index is -4.00. The van der Waals surface area contributed by atoms with Gasteiger partial charge in [0.1, 0.15) is 0 Å². The van der Waals surface area contributed by atoms with E-state index in [0.717, 1.165) is 44.9 Å². The van der Waals surface area contributed by atoms with Crippen molar-refractivity contribution >= 4 is 88.1 Å². The number of rotatable bonds is 21. The van der Waals surface area contributed by atoms with Crippen molar-refractivity contribution in [3.8, 4) is 28.7 Å². The molecule has 5 aliphatic rings. The fraction of sp³-hybridized carbons (Fsp3) is 0.549. The number of nitrogens with one attached hydrogen (secondary N) is 2. The summed E-state index contributed by atoms with van der Waals surface area (Å²) in [6, 6.07) is 13.2.